The van der Waals surface area contributed by atoms with Gasteiger partial charge in [0.15, 0.2) is 17.2 Å². The van der Waals surface area contributed by atoms with E-state index in [0.29, 0.717) is 0 Å². The van der Waals surface area contributed by atoms with E-state index in [9.17, 15) is 29.7 Å². The summed E-state index contributed by atoms with van der Waals surface area (Å²) in [5, 5.41) is 32.0. The molecule has 1 saturated carbocycles. The summed E-state index contributed by atoms with van der Waals surface area (Å²) in [5.74, 6) is -3.63. The van der Waals surface area contributed by atoms with Crippen LogP contribution >= 0.6 is 0 Å². The zero-order valence-electron chi connectivity index (χ0n) is 13.7. The average molecular weight is 364 g/mol. The number of carbonyl (C=O) groups is 3. The molecular weight excluding hydrogens is 352 g/mol. The van der Waals surface area contributed by atoms with E-state index >= 15 is 0 Å². The largest absolute Gasteiger partial charge is 0.507 e. The first-order valence-electron chi connectivity index (χ1n) is 8.52. The highest BCUT2D eigenvalue weighted by molar-refractivity contribution is 6.30. The van der Waals surface area contributed by atoms with E-state index in [0.717, 1.165) is 0 Å². The SMILES string of the molecule is O=C1c2c(O)cccc2[C@@]2(O)C[C@@H]1[C@]13O[C@]21C(=O)c1c(O)cccc1C3=O. The number of rotatable bonds is 0. The normalized spacial score (nSPS) is 37.4. The molecule has 0 aromatic heterocycles. The van der Waals surface area contributed by atoms with Gasteiger partial charge in [-0.25, -0.2) is 0 Å². The number of hydrogen-bond donors (Lipinski definition) is 3. The Morgan fingerprint density at radius 2 is 1.59 bits per heavy atom. The second kappa shape index (κ2) is 3.95. The number of phenolic OH excluding ortho intramolecular Hbond substituents is 2. The minimum absolute atomic E-state index is 0.0228. The number of epoxide rings is 1. The molecule has 4 atom stereocenters. The van der Waals surface area contributed by atoms with Crippen molar-refractivity contribution >= 4 is 17.3 Å². The molecule has 3 aliphatic carbocycles. The zero-order chi connectivity index (χ0) is 18.9. The van der Waals surface area contributed by atoms with Crippen molar-refractivity contribution in [1.82, 2.24) is 0 Å². The zero-order valence-corrected chi connectivity index (χ0v) is 13.7. The fourth-order valence-corrected chi connectivity index (χ4v) is 5.51. The van der Waals surface area contributed by atoms with Gasteiger partial charge in [0.25, 0.3) is 0 Å². The molecule has 2 bridgehead atoms. The molecule has 1 saturated heterocycles. The van der Waals surface area contributed by atoms with Crippen LogP contribution in [0.4, 0.5) is 0 Å². The fourth-order valence-electron chi connectivity index (χ4n) is 5.51. The lowest BCUT2D eigenvalue weighted by atomic mass is 9.69. The molecular formula is C20H12O7. The van der Waals surface area contributed by atoms with Crippen LogP contribution in [0.15, 0.2) is 36.4 Å². The number of hydrogen-bond acceptors (Lipinski definition) is 7. The van der Waals surface area contributed by atoms with E-state index < -0.39 is 40.1 Å². The standard InChI is InChI=1S/C20H12O7/c21-11-5-1-3-8-13(11)17(25)20-18(26)7-10(19(20,27-20)16(8)24)15(23)14-9(18)4-2-6-12(14)22/h1-6,10,21-22,26H,7H2/t10-,18-,19+,20+/m0/s1. The van der Waals surface area contributed by atoms with Gasteiger partial charge in [-0.2, -0.15) is 0 Å². The number of fused-ring (bicyclic) bond motifs is 5. The van der Waals surface area contributed by atoms with Crippen molar-refractivity contribution in [2.45, 2.75) is 23.2 Å². The Morgan fingerprint density at radius 3 is 2.33 bits per heavy atom. The molecule has 7 nitrogen and oxygen atoms in total. The second-order valence-electron chi connectivity index (χ2n) is 7.56. The summed E-state index contributed by atoms with van der Waals surface area (Å²) in [6.45, 7) is 0. The summed E-state index contributed by atoms with van der Waals surface area (Å²) in [4.78, 5) is 39.8. The summed E-state index contributed by atoms with van der Waals surface area (Å²) >= 11 is 0. The molecule has 7 heteroatoms. The summed E-state index contributed by atoms with van der Waals surface area (Å²) in [6, 6.07) is 8.35. The minimum atomic E-state index is -1.97. The smallest absolute Gasteiger partial charge is 0.206 e. The Hall–Kier alpha value is -3.03. The third-order valence-corrected chi connectivity index (χ3v) is 6.59. The minimum Gasteiger partial charge on any atom is -0.507 e. The topological polar surface area (TPSA) is 124 Å². The highest BCUT2D eigenvalue weighted by Gasteiger charge is 2.96. The van der Waals surface area contributed by atoms with Crippen LogP contribution in [-0.2, 0) is 10.3 Å². The van der Waals surface area contributed by atoms with Crippen LogP contribution in [-0.4, -0.2) is 43.9 Å². The highest BCUT2D eigenvalue weighted by Crippen LogP contribution is 2.76. The quantitative estimate of drug-likeness (QED) is 0.598. The number of aliphatic hydroxyl groups is 1. The Balaban J connectivity index is 1.73. The number of aromatic hydroxyl groups is 2. The second-order valence-corrected chi connectivity index (χ2v) is 7.56. The monoisotopic (exact) mass is 364 g/mol. The molecule has 2 aromatic carbocycles. The first kappa shape index (κ1) is 15.1. The van der Waals surface area contributed by atoms with E-state index in [4.69, 9.17) is 4.74 Å². The van der Waals surface area contributed by atoms with Gasteiger partial charge in [0.05, 0.1) is 17.0 Å². The summed E-state index contributed by atoms with van der Waals surface area (Å²) < 4.78 is 5.73. The Kier molecular flexibility index (Phi) is 2.21. The molecule has 27 heavy (non-hydrogen) atoms. The number of ketones is 3. The lowest BCUT2D eigenvalue weighted by molar-refractivity contribution is -0.0490. The van der Waals surface area contributed by atoms with Gasteiger partial charge in [-0.05, 0) is 18.6 Å². The summed E-state index contributed by atoms with van der Waals surface area (Å²) in [5.41, 5.74) is -5.96. The lowest BCUT2D eigenvalue weighted by Gasteiger charge is -2.35. The van der Waals surface area contributed by atoms with E-state index in [2.05, 4.69) is 0 Å². The predicted octanol–water partition coefficient (Wildman–Crippen LogP) is 1.09. The summed E-state index contributed by atoms with van der Waals surface area (Å²) in [7, 11) is 0. The molecule has 2 fully saturated rings. The molecule has 0 unspecified atom stereocenters. The van der Waals surface area contributed by atoms with Crippen LogP contribution in [0.2, 0.25) is 0 Å². The Bertz CT molecular complexity index is 1150. The van der Waals surface area contributed by atoms with Crippen LogP contribution in [0, 0.1) is 5.92 Å². The molecule has 134 valence electrons. The van der Waals surface area contributed by atoms with Crippen molar-refractivity contribution in [2.75, 3.05) is 0 Å². The highest BCUT2D eigenvalue weighted by atomic mass is 16.7. The van der Waals surface area contributed by atoms with Gasteiger partial charge >= 0.3 is 0 Å². The van der Waals surface area contributed by atoms with Crippen molar-refractivity contribution in [1.29, 1.82) is 0 Å². The molecule has 0 amide bonds. The van der Waals surface area contributed by atoms with Gasteiger partial charge in [-0.3, -0.25) is 14.4 Å². The first-order chi connectivity index (χ1) is 12.8. The van der Waals surface area contributed by atoms with E-state index in [-0.39, 0.29) is 40.2 Å². The number of benzene rings is 2. The molecule has 0 radical (unpaired) electrons. The molecule has 1 heterocycles. The average Bonchev–Trinajstić information content (AvgIpc) is 3.32. The molecule has 1 aliphatic heterocycles. The number of Topliss-reactive ketones (excluding diaryl/α,β-unsaturated/α-hetero) is 3. The van der Waals surface area contributed by atoms with Crippen molar-refractivity contribution in [2.24, 2.45) is 5.92 Å². The maximum absolute atomic E-state index is 13.4. The number of phenols is 2. The third-order valence-electron chi connectivity index (χ3n) is 6.59. The van der Waals surface area contributed by atoms with Crippen molar-refractivity contribution in [3.63, 3.8) is 0 Å². The third kappa shape index (κ3) is 1.19. The van der Waals surface area contributed by atoms with Gasteiger partial charge in [0.2, 0.25) is 11.4 Å². The summed E-state index contributed by atoms with van der Waals surface area (Å²) in [6.07, 6.45) is -0.158. The number of ether oxygens (including phenoxy) is 1. The maximum Gasteiger partial charge on any atom is 0.206 e. The molecule has 6 rings (SSSR count). The van der Waals surface area contributed by atoms with Crippen LogP contribution in [0.3, 0.4) is 0 Å². The van der Waals surface area contributed by atoms with Crippen molar-refractivity contribution in [3.05, 3.63) is 58.7 Å². The van der Waals surface area contributed by atoms with E-state index in [1.54, 1.807) is 0 Å². The van der Waals surface area contributed by atoms with Gasteiger partial charge < -0.3 is 20.1 Å². The fraction of sp³-hybridized carbons (Fsp3) is 0.250. The van der Waals surface area contributed by atoms with Gasteiger partial charge in [0, 0.05) is 11.1 Å². The lowest BCUT2D eigenvalue weighted by Crippen LogP contribution is -2.52. The molecule has 3 N–H and O–H groups in total. The van der Waals surface area contributed by atoms with Crippen molar-refractivity contribution in [3.8, 4) is 11.5 Å². The van der Waals surface area contributed by atoms with Crippen LogP contribution < -0.4 is 0 Å². The van der Waals surface area contributed by atoms with Gasteiger partial charge in [-0.1, -0.05) is 24.3 Å². The van der Waals surface area contributed by atoms with Crippen LogP contribution in [0.25, 0.3) is 0 Å². The molecule has 4 aliphatic rings. The van der Waals surface area contributed by atoms with Gasteiger partial charge in [0.1, 0.15) is 17.1 Å². The van der Waals surface area contributed by atoms with Crippen LogP contribution in [0.1, 0.15) is 43.1 Å². The molecule has 2 aromatic rings. The van der Waals surface area contributed by atoms with E-state index in [1.807, 2.05) is 0 Å². The Labute approximate surface area is 151 Å². The number of carbonyl (C=O) groups excluding carboxylic acids is 3. The Morgan fingerprint density at radius 1 is 0.926 bits per heavy atom. The maximum atomic E-state index is 13.4. The van der Waals surface area contributed by atoms with Crippen molar-refractivity contribution < 1.29 is 34.4 Å². The van der Waals surface area contributed by atoms with E-state index in [1.165, 1.54) is 36.4 Å². The first-order valence-corrected chi connectivity index (χ1v) is 8.52. The van der Waals surface area contributed by atoms with Crippen LogP contribution in [0.5, 0.6) is 11.5 Å². The predicted molar refractivity (Wildman–Crippen MR) is 87.8 cm³/mol. The molecule has 0 spiro atoms. The van der Waals surface area contributed by atoms with Gasteiger partial charge in [-0.15, -0.1) is 0 Å².